The molecule has 0 aliphatic rings. The van der Waals surface area contributed by atoms with Crippen molar-refractivity contribution < 1.29 is 5.48 Å². The van der Waals surface area contributed by atoms with Gasteiger partial charge in [-0.1, -0.05) is 20.8 Å². The fourth-order valence-electron chi connectivity index (χ4n) is 1.67. The second kappa shape index (κ2) is 7.97. The van der Waals surface area contributed by atoms with E-state index in [1.54, 1.807) is 0 Å². The first-order valence-corrected chi connectivity index (χ1v) is 7.24. The average Bonchev–Trinajstić information content (AvgIpc) is 1.88. The lowest BCUT2D eigenvalue weighted by molar-refractivity contribution is 0.824. The van der Waals surface area contributed by atoms with Gasteiger partial charge in [-0.3, -0.25) is 0 Å². The number of rotatable bonds is 6. The summed E-state index contributed by atoms with van der Waals surface area (Å²) in [4.78, 5) is 0. The lowest BCUT2D eigenvalue weighted by Crippen LogP contribution is -2.15. The largest absolute Gasteiger partial charge is 0.412 e. The smallest absolute Gasteiger partial charge is 0.0769 e. The molecule has 0 atom stereocenters. The highest BCUT2D eigenvalue weighted by Crippen LogP contribution is 2.51. The molecule has 0 amide bonds. The maximum Gasteiger partial charge on any atom is 0.0769 e. The molecule has 12 heavy (non-hydrogen) atoms. The molecule has 0 spiro atoms. The molecule has 4 N–H and O–H groups in total. The Kier molecular flexibility index (Phi) is 9.87. The lowest BCUT2D eigenvalue weighted by Gasteiger charge is -2.20. The van der Waals surface area contributed by atoms with Crippen LogP contribution in [0.15, 0.2) is 0 Å². The van der Waals surface area contributed by atoms with Gasteiger partial charge >= 0.3 is 0 Å². The zero-order valence-corrected chi connectivity index (χ0v) is 9.66. The predicted octanol–water partition coefficient (Wildman–Crippen LogP) is 2.28. The highest BCUT2D eigenvalue weighted by atomic mass is 31.2. The van der Waals surface area contributed by atoms with E-state index < -0.39 is 7.41 Å². The molecule has 0 aromatic rings. The summed E-state index contributed by atoms with van der Waals surface area (Å²) in [6, 6.07) is 0. The van der Waals surface area contributed by atoms with Gasteiger partial charge in [-0.25, -0.2) is 5.50 Å². The molecule has 0 fully saturated rings. The van der Waals surface area contributed by atoms with Gasteiger partial charge in [0.25, 0.3) is 0 Å². The molecule has 0 saturated heterocycles. The van der Waals surface area contributed by atoms with Gasteiger partial charge in [0, 0.05) is 0 Å². The Hall–Kier alpha value is 0.350. The summed E-state index contributed by atoms with van der Waals surface area (Å²) in [5, 5.41) is 0. The Labute approximate surface area is 77.6 Å². The summed E-state index contributed by atoms with van der Waals surface area (Å²) >= 11 is 0. The summed E-state index contributed by atoms with van der Waals surface area (Å²) < 4.78 is 0. The molecule has 3 heteroatoms. The van der Waals surface area contributed by atoms with Crippen LogP contribution >= 0.6 is 7.41 Å². The molecular weight excluding hydrogens is 169 g/mol. The van der Waals surface area contributed by atoms with Crippen molar-refractivity contribution in [1.82, 2.24) is 0 Å². The van der Waals surface area contributed by atoms with Crippen LogP contribution in [0.4, 0.5) is 0 Å². The highest BCUT2D eigenvalue weighted by molar-refractivity contribution is 7.73. The van der Waals surface area contributed by atoms with Crippen LogP contribution in [-0.2, 0) is 0 Å². The van der Waals surface area contributed by atoms with Gasteiger partial charge < -0.3 is 5.48 Å². The fourth-order valence-corrected chi connectivity index (χ4v) is 5.01. The maximum absolute atomic E-state index is 6.34. The van der Waals surface area contributed by atoms with Crippen molar-refractivity contribution in [3.8, 4) is 0 Å². The molecule has 0 aliphatic heterocycles. The SMILES string of the molecule is CCC[P+](N)(CCC)CCC.O. The van der Waals surface area contributed by atoms with Gasteiger partial charge in [-0.05, 0) is 19.3 Å². The molecule has 0 radical (unpaired) electrons. The van der Waals surface area contributed by atoms with Gasteiger partial charge in [-0.2, -0.15) is 0 Å². The van der Waals surface area contributed by atoms with Crippen LogP contribution in [0.5, 0.6) is 0 Å². The Morgan fingerprint density at radius 3 is 1.25 bits per heavy atom. The summed E-state index contributed by atoms with van der Waals surface area (Å²) in [5.74, 6) is 0. The topological polar surface area (TPSA) is 57.5 Å². The minimum atomic E-state index is -0.969. The molecule has 0 aliphatic carbocycles. The van der Waals surface area contributed by atoms with Crippen LogP contribution in [0.3, 0.4) is 0 Å². The second-order valence-corrected chi connectivity index (χ2v) is 7.17. The normalized spacial score (nSPS) is 11.0. The van der Waals surface area contributed by atoms with Crippen LogP contribution in [-0.4, -0.2) is 24.0 Å². The maximum atomic E-state index is 6.34. The van der Waals surface area contributed by atoms with Crippen LogP contribution in [0.1, 0.15) is 40.0 Å². The minimum absolute atomic E-state index is 0. The van der Waals surface area contributed by atoms with E-state index in [0.717, 1.165) is 0 Å². The summed E-state index contributed by atoms with van der Waals surface area (Å²) in [6.45, 7) is 6.73. The van der Waals surface area contributed by atoms with E-state index >= 15 is 0 Å². The molecule has 0 heterocycles. The third-order valence-corrected chi connectivity index (χ3v) is 6.02. The van der Waals surface area contributed by atoms with Gasteiger partial charge in [0.2, 0.25) is 0 Å². The molecule has 76 valence electrons. The van der Waals surface area contributed by atoms with E-state index in [2.05, 4.69) is 20.8 Å². The van der Waals surface area contributed by atoms with Crippen LogP contribution in [0, 0.1) is 0 Å². The third-order valence-electron chi connectivity index (χ3n) is 2.01. The molecule has 0 aromatic carbocycles. The molecule has 0 aromatic heterocycles. The third kappa shape index (κ3) is 5.93. The molecule has 0 rings (SSSR count). The van der Waals surface area contributed by atoms with Crippen molar-refractivity contribution >= 4 is 7.41 Å². The molecule has 0 unspecified atom stereocenters. The van der Waals surface area contributed by atoms with Crippen LogP contribution in [0.2, 0.25) is 0 Å². The van der Waals surface area contributed by atoms with Crippen molar-refractivity contribution in [2.75, 3.05) is 18.5 Å². The van der Waals surface area contributed by atoms with E-state index in [1.165, 1.54) is 37.7 Å². The Morgan fingerprint density at radius 2 is 1.08 bits per heavy atom. The van der Waals surface area contributed by atoms with E-state index in [4.69, 9.17) is 5.50 Å². The summed E-state index contributed by atoms with van der Waals surface area (Å²) in [7, 11) is -0.969. The van der Waals surface area contributed by atoms with Crippen molar-refractivity contribution in [1.29, 1.82) is 0 Å². The first-order chi connectivity index (χ1) is 5.18. The van der Waals surface area contributed by atoms with E-state index in [9.17, 15) is 0 Å². The lowest BCUT2D eigenvalue weighted by atomic mass is 10.6. The van der Waals surface area contributed by atoms with Crippen molar-refractivity contribution in [2.24, 2.45) is 5.50 Å². The highest BCUT2D eigenvalue weighted by Gasteiger charge is 2.28. The van der Waals surface area contributed by atoms with Crippen molar-refractivity contribution in [3.05, 3.63) is 0 Å². The number of hydrogen-bond acceptors (Lipinski definition) is 1. The zero-order valence-electron chi connectivity index (χ0n) is 8.77. The molecule has 2 nitrogen and oxygen atoms in total. The number of nitrogens with two attached hydrogens (primary N) is 1. The average molecular weight is 194 g/mol. The van der Waals surface area contributed by atoms with Crippen LogP contribution in [0.25, 0.3) is 0 Å². The Morgan fingerprint density at radius 1 is 0.833 bits per heavy atom. The van der Waals surface area contributed by atoms with E-state index in [0.29, 0.717) is 0 Å². The Balaban J connectivity index is 0. The molecular formula is C9H25NOP+. The number of hydrogen-bond donors (Lipinski definition) is 1. The minimum Gasteiger partial charge on any atom is -0.412 e. The van der Waals surface area contributed by atoms with Crippen LogP contribution < -0.4 is 5.50 Å². The quantitative estimate of drug-likeness (QED) is 0.648. The first-order valence-electron chi connectivity index (χ1n) is 4.83. The van der Waals surface area contributed by atoms with E-state index in [-0.39, 0.29) is 5.48 Å². The second-order valence-electron chi connectivity index (χ2n) is 3.39. The molecule has 0 saturated carbocycles. The van der Waals surface area contributed by atoms with Crippen molar-refractivity contribution in [3.63, 3.8) is 0 Å². The monoisotopic (exact) mass is 194 g/mol. The molecule has 0 bridgehead atoms. The van der Waals surface area contributed by atoms with Gasteiger partial charge in [0.05, 0.1) is 25.9 Å². The summed E-state index contributed by atoms with van der Waals surface area (Å²) in [6.07, 6.45) is 7.71. The summed E-state index contributed by atoms with van der Waals surface area (Å²) in [5.41, 5.74) is 6.34. The van der Waals surface area contributed by atoms with Gasteiger partial charge in [0.15, 0.2) is 0 Å². The fraction of sp³-hybridized carbons (Fsp3) is 1.00. The van der Waals surface area contributed by atoms with Gasteiger partial charge in [-0.15, -0.1) is 0 Å². The van der Waals surface area contributed by atoms with E-state index in [1.807, 2.05) is 0 Å². The standard InChI is InChI=1S/C9H23NP.H2O/c1-4-7-11(10,8-5-2)9-6-3;/h4-10H2,1-3H3;1H2/q+1;. The Bertz CT molecular complexity index is 81.5. The van der Waals surface area contributed by atoms with Crippen molar-refractivity contribution in [2.45, 2.75) is 40.0 Å². The predicted molar refractivity (Wildman–Crippen MR) is 60.2 cm³/mol. The van der Waals surface area contributed by atoms with Gasteiger partial charge in [0.1, 0.15) is 0 Å². The first kappa shape index (κ1) is 14.9. The zero-order chi connectivity index (χ0) is 8.74.